The van der Waals surface area contributed by atoms with Crippen molar-refractivity contribution >= 4 is 29.6 Å². The topological polar surface area (TPSA) is 166 Å². The molecule has 0 aliphatic carbocycles. The molecule has 350 valence electrons. The minimum absolute atomic E-state index is 0.0481. The van der Waals surface area contributed by atoms with Crippen molar-refractivity contribution in [3.63, 3.8) is 0 Å². The number of amides is 3. The van der Waals surface area contributed by atoms with Gasteiger partial charge in [-0.15, -0.1) is 0 Å². The molecule has 14 nitrogen and oxygen atoms in total. The number of hydrogen-bond donors (Lipinski definition) is 2. The number of carbonyl (C=O) groups is 4. The lowest BCUT2D eigenvalue weighted by atomic mass is 9.65. The molecule has 2 fully saturated rings. The molecule has 3 amide bonds. The average Bonchev–Trinajstić information content (AvgIpc) is 3.84. The lowest BCUT2D eigenvalue weighted by Crippen LogP contribution is -2.56. The number of carbonyl (C=O) groups excluding carboxylic acids is 4. The second kappa shape index (κ2) is 20.6. The lowest BCUT2D eigenvalue weighted by Gasteiger charge is -2.46. The first-order valence-corrected chi connectivity index (χ1v) is 22.7. The van der Waals surface area contributed by atoms with Gasteiger partial charge in [0.2, 0.25) is 11.8 Å². The molecule has 4 heterocycles. The summed E-state index contributed by atoms with van der Waals surface area (Å²) in [5, 5.41) is 13.2. The number of benzene rings is 5. The standard InChI is InChI=1S/C55H50N4O10/c1-65-33-34-68-54(64)58-44-27-24-37(21-20-36-22-25-41(66-2)26-23-36)35-43(44)55(53(58)63)46(51(61)57-30-28-40-17-11-12-29-56-40)48-52(62)69-49(39-15-7-4-8-16-39)47(38-13-5-3-6-14-38)59(48)50(55)42-18-9-10-19-45(42)67-32-31-60/h3-19,22-27,29,35,46-50,60H,28,30-34H2,1-2H3,(H,57,61)/t46-,47-,48-,49+,50+,55-/m1/s1. The molecule has 5 aromatic carbocycles. The summed E-state index contributed by atoms with van der Waals surface area (Å²) in [6.07, 6.45) is 0.0551. The number of methoxy groups -OCH3 is 2. The van der Waals surface area contributed by atoms with E-state index in [4.69, 9.17) is 23.7 Å². The largest absolute Gasteiger partial charge is 0.497 e. The Hall–Kier alpha value is -7.83. The highest BCUT2D eigenvalue weighted by Gasteiger charge is 2.76. The van der Waals surface area contributed by atoms with Gasteiger partial charge in [0.05, 0.1) is 44.0 Å². The molecule has 69 heavy (non-hydrogen) atoms. The van der Waals surface area contributed by atoms with Crippen molar-refractivity contribution in [3.8, 4) is 23.3 Å². The molecule has 0 bridgehead atoms. The number of aromatic nitrogens is 1. The number of para-hydroxylation sites is 1. The molecule has 0 saturated carbocycles. The number of imide groups is 1. The van der Waals surface area contributed by atoms with Gasteiger partial charge < -0.3 is 34.1 Å². The van der Waals surface area contributed by atoms with E-state index in [1.54, 1.807) is 74.0 Å². The van der Waals surface area contributed by atoms with Crippen LogP contribution in [0.4, 0.5) is 10.5 Å². The van der Waals surface area contributed by atoms with Crippen molar-refractivity contribution in [2.75, 3.05) is 52.1 Å². The van der Waals surface area contributed by atoms with Crippen LogP contribution in [0.5, 0.6) is 11.5 Å². The number of pyridine rings is 1. The molecule has 9 rings (SSSR count). The van der Waals surface area contributed by atoms with Crippen LogP contribution in [-0.4, -0.2) is 92.1 Å². The summed E-state index contributed by atoms with van der Waals surface area (Å²) in [5.41, 5.74) is 2.00. The number of hydrogen-bond acceptors (Lipinski definition) is 12. The Morgan fingerprint density at radius 3 is 2.19 bits per heavy atom. The molecule has 1 aromatic heterocycles. The van der Waals surface area contributed by atoms with Gasteiger partial charge in [-0.25, -0.2) is 9.69 Å². The number of nitrogens with one attached hydrogen (secondary N) is 1. The summed E-state index contributed by atoms with van der Waals surface area (Å²) >= 11 is 0. The zero-order valence-corrected chi connectivity index (χ0v) is 38.0. The maximum absolute atomic E-state index is 16.5. The number of fused-ring (bicyclic) bond motifs is 3. The molecule has 14 heteroatoms. The molecular weight excluding hydrogens is 877 g/mol. The Kier molecular flexibility index (Phi) is 13.8. The van der Waals surface area contributed by atoms with Gasteiger partial charge in [0, 0.05) is 48.7 Å². The summed E-state index contributed by atoms with van der Waals surface area (Å²) < 4.78 is 29.2. The summed E-state index contributed by atoms with van der Waals surface area (Å²) in [6, 6.07) is 40.1. The molecule has 2 N–H and O–H groups in total. The van der Waals surface area contributed by atoms with Gasteiger partial charge in [0.25, 0.3) is 0 Å². The van der Waals surface area contributed by atoms with Crippen LogP contribution in [0.25, 0.3) is 0 Å². The number of aliphatic hydroxyl groups is 1. The first kappa shape index (κ1) is 46.3. The van der Waals surface area contributed by atoms with Gasteiger partial charge in [-0.3, -0.25) is 24.3 Å². The number of esters is 1. The van der Waals surface area contributed by atoms with Crippen molar-refractivity contribution in [1.82, 2.24) is 15.2 Å². The van der Waals surface area contributed by atoms with Crippen LogP contribution in [0.3, 0.4) is 0 Å². The molecule has 0 radical (unpaired) electrons. The molecule has 3 aliphatic rings. The fourth-order valence-electron chi connectivity index (χ4n) is 9.99. The van der Waals surface area contributed by atoms with Gasteiger partial charge in [-0.05, 0) is 77.4 Å². The molecule has 2 saturated heterocycles. The Morgan fingerprint density at radius 2 is 1.48 bits per heavy atom. The van der Waals surface area contributed by atoms with Gasteiger partial charge >= 0.3 is 12.1 Å². The SMILES string of the molecule is COCCOC(=O)N1C(=O)[C@@]2(c3cc(C#Cc4ccc(OC)cc4)ccc31)[C@H](c1ccccc1OCCO)N1[C@H](c3ccccc3)[C@H](c3ccccc3)OC(=O)[C@H]1[C@@H]2C(=O)NCCc1ccccn1. The van der Waals surface area contributed by atoms with E-state index in [0.717, 1.165) is 10.5 Å². The number of ether oxygens (including phenoxy) is 5. The van der Waals surface area contributed by atoms with Crippen molar-refractivity contribution < 1.29 is 48.0 Å². The van der Waals surface area contributed by atoms with E-state index in [-0.39, 0.29) is 44.2 Å². The van der Waals surface area contributed by atoms with Crippen LogP contribution >= 0.6 is 0 Å². The summed E-state index contributed by atoms with van der Waals surface area (Å²) in [6.45, 7) is -0.473. The monoisotopic (exact) mass is 926 g/mol. The minimum atomic E-state index is -2.09. The highest BCUT2D eigenvalue weighted by atomic mass is 16.6. The maximum atomic E-state index is 16.5. The predicted molar refractivity (Wildman–Crippen MR) is 254 cm³/mol. The number of morpholine rings is 1. The number of nitrogens with zero attached hydrogens (tertiary/aromatic N) is 3. The van der Waals surface area contributed by atoms with E-state index >= 15 is 14.4 Å². The van der Waals surface area contributed by atoms with Crippen molar-refractivity contribution in [3.05, 3.63) is 191 Å². The molecule has 3 aliphatic heterocycles. The third-order valence-electron chi connectivity index (χ3n) is 12.8. The fraction of sp³-hybridized carbons (Fsp3) is 0.255. The number of rotatable bonds is 14. The Balaban J connectivity index is 1.34. The Labute approximate surface area is 399 Å². The average molecular weight is 927 g/mol. The van der Waals surface area contributed by atoms with Crippen LogP contribution in [0.15, 0.2) is 152 Å². The minimum Gasteiger partial charge on any atom is -0.497 e. The van der Waals surface area contributed by atoms with Gasteiger partial charge in [0.15, 0.2) is 0 Å². The van der Waals surface area contributed by atoms with Crippen LogP contribution in [0, 0.1) is 17.8 Å². The highest BCUT2D eigenvalue weighted by Crippen LogP contribution is 2.66. The van der Waals surface area contributed by atoms with E-state index in [1.165, 1.54) is 7.11 Å². The third-order valence-corrected chi connectivity index (χ3v) is 12.8. The van der Waals surface area contributed by atoms with Gasteiger partial charge in [-0.2, -0.15) is 0 Å². The summed E-state index contributed by atoms with van der Waals surface area (Å²) in [4.78, 5) is 69.5. The Bertz CT molecular complexity index is 2870. The lowest BCUT2D eigenvalue weighted by molar-refractivity contribution is -0.178. The molecule has 0 unspecified atom stereocenters. The first-order valence-electron chi connectivity index (χ1n) is 22.7. The fourth-order valence-corrected chi connectivity index (χ4v) is 9.99. The predicted octanol–water partition coefficient (Wildman–Crippen LogP) is 6.67. The van der Waals surface area contributed by atoms with E-state index in [2.05, 4.69) is 22.1 Å². The first-order chi connectivity index (χ1) is 33.8. The number of aliphatic hydroxyl groups excluding tert-OH is 1. The number of cyclic esters (lactones) is 1. The highest BCUT2D eigenvalue weighted by molar-refractivity contribution is 6.23. The quantitative estimate of drug-likeness (QED) is 0.0679. The smallest absolute Gasteiger partial charge is 0.421 e. The molecule has 6 aromatic rings. The van der Waals surface area contributed by atoms with Crippen molar-refractivity contribution in [2.45, 2.75) is 36.1 Å². The van der Waals surface area contributed by atoms with Gasteiger partial charge in [0.1, 0.15) is 42.3 Å². The summed E-state index contributed by atoms with van der Waals surface area (Å²) in [7, 11) is 3.04. The second-order valence-corrected chi connectivity index (χ2v) is 16.7. The molecule has 1 spiro atoms. The van der Waals surface area contributed by atoms with Gasteiger partial charge in [-0.1, -0.05) is 96.8 Å². The molecule has 6 atom stereocenters. The molecular formula is C55H50N4O10. The van der Waals surface area contributed by atoms with Crippen LogP contribution < -0.4 is 19.7 Å². The zero-order valence-electron chi connectivity index (χ0n) is 38.0. The van der Waals surface area contributed by atoms with Crippen LogP contribution in [0.1, 0.15) is 57.3 Å². The van der Waals surface area contributed by atoms with Crippen molar-refractivity contribution in [1.29, 1.82) is 0 Å². The summed E-state index contributed by atoms with van der Waals surface area (Å²) in [5.74, 6) is 3.65. The zero-order chi connectivity index (χ0) is 47.9. The normalized spacial score (nSPS) is 21.4. The van der Waals surface area contributed by atoms with E-state index in [1.807, 2.05) is 89.8 Å². The number of anilines is 1. The van der Waals surface area contributed by atoms with E-state index < -0.39 is 59.4 Å². The maximum Gasteiger partial charge on any atom is 0.421 e. The van der Waals surface area contributed by atoms with Crippen LogP contribution in [0.2, 0.25) is 0 Å². The van der Waals surface area contributed by atoms with Crippen LogP contribution in [-0.2, 0) is 40.4 Å². The van der Waals surface area contributed by atoms with Crippen molar-refractivity contribution in [2.24, 2.45) is 5.92 Å². The van der Waals surface area contributed by atoms with E-state index in [0.29, 0.717) is 45.9 Å². The van der Waals surface area contributed by atoms with E-state index in [9.17, 15) is 9.90 Å². The third kappa shape index (κ3) is 8.79. The second-order valence-electron chi connectivity index (χ2n) is 16.7. The Morgan fingerprint density at radius 1 is 0.783 bits per heavy atom.